The SMILES string of the molecule is CCC(C)NC(=O)CCNC(=O)c1sccc1Br. The molecule has 0 fully saturated rings. The van der Waals surface area contributed by atoms with E-state index < -0.39 is 0 Å². The number of nitrogens with one attached hydrogen (secondary N) is 2. The lowest BCUT2D eigenvalue weighted by Crippen LogP contribution is -2.35. The van der Waals surface area contributed by atoms with Crippen LogP contribution < -0.4 is 10.6 Å². The Morgan fingerprint density at radius 2 is 2.22 bits per heavy atom. The van der Waals surface area contributed by atoms with Crippen LogP contribution >= 0.6 is 27.3 Å². The van der Waals surface area contributed by atoms with Crippen molar-refractivity contribution in [2.75, 3.05) is 6.54 Å². The van der Waals surface area contributed by atoms with Crippen molar-refractivity contribution in [3.8, 4) is 0 Å². The molecule has 0 aliphatic rings. The molecule has 0 aromatic carbocycles. The second-order valence-electron chi connectivity index (χ2n) is 3.98. The molecule has 4 nitrogen and oxygen atoms in total. The summed E-state index contributed by atoms with van der Waals surface area (Å²) in [5, 5.41) is 7.42. The van der Waals surface area contributed by atoms with Gasteiger partial charge in [-0.05, 0) is 40.7 Å². The number of hydrogen-bond donors (Lipinski definition) is 2. The smallest absolute Gasteiger partial charge is 0.262 e. The molecular weight excluding hydrogens is 316 g/mol. The molecule has 2 amide bonds. The normalized spacial score (nSPS) is 11.9. The fourth-order valence-electron chi connectivity index (χ4n) is 1.27. The van der Waals surface area contributed by atoms with E-state index in [9.17, 15) is 9.59 Å². The fraction of sp³-hybridized carbons (Fsp3) is 0.500. The van der Waals surface area contributed by atoms with Crippen LogP contribution in [0.15, 0.2) is 15.9 Å². The summed E-state index contributed by atoms with van der Waals surface area (Å²) in [7, 11) is 0. The van der Waals surface area contributed by atoms with Crippen LogP contribution in [0.5, 0.6) is 0 Å². The molecular formula is C12H17BrN2O2S. The van der Waals surface area contributed by atoms with E-state index in [0.29, 0.717) is 17.8 Å². The zero-order valence-corrected chi connectivity index (χ0v) is 12.9. The number of carbonyl (C=O) groups is 2. The molecule has 6 heteroatoms. The predicted molar refractivity (Wildman–Crippen MR) is 76.9 cm³/mol. The third-order valence-corrected chi connectivity index (χ3v) is 4.32. The van der Waals surface area contributed by atoms with Gasteiger partial charge >= 0.3 is 0 Å². The fourth-order valence-corrected chi connectivity index (χ4v) is 2.74. The van der Waals surface area contributed by atoms with Gasteiger partial charge in [0.15, 0.2) is 0 Å². The lowest BCUT2D eigenvalue weighted by atomic mass is 10.2. The monoisotopic (exact) mass is 332 g/mol. The van der Waals surface area contributed by atoms with Crippen LogP contribution in [0.2, 0.25) is 0 Å². The third kappa shape index (κ3) is 4.78. The molecule has 0 radical (unpaired) electrons. The van der Waals surface area contributed by atoms with Crippen molar-refractivity contribution in [3.05, 3.63) is 20.8 Å². The number of halogens is 1. The summed E-state index contributed by atoms with van der Waals surface area (Å²) in [6, 6.07) is 2.01. The molecule has 1 aromatic rings. The second-order valence-corrected chi connectivity index (χ2v) is 5.75. The standard InChI is InChI=1S/C12H17BrN2O2S/c1-3-8(2)15-10(16)4-6-14-12(17)11-9(13)5-7-18-11/h5,7-8H,3-4,6H2,1-2H3,(H,14,17)(H,15,16). The van der Waals surface area contributed by atoms with Gasteiger partial charge in [-0.2, -0.15) is 0 Å². The Balaban J connectivity index is 2.28. The van der Waals surface area contributed by atoms with E-state index in [1.54, 1.807) is 0 Å². The quantitative estimate of drug-likeness (QED) is 0.841. The van der Waals surface area contributed by atoms with E-state index in [2.05, 4.69) is 26.6 Å². The Hall–Kier alpha value is -0.880. The zero-order chi connectivity index (χ0) is 13.5. The van der Waals surface area contributed by atoms with Crippen LogP contribution in [0.4, 0.5) is 0 Å². The largest absolute Gasteiger partial charge is 0.354 e. The van der Waals surface area contributed by atoms with Gasteiger partial charge in [0.2, 0.25) is 5.91 Å². The summed E-state index contributed by atoms with van der Waals surface area (Å²) in [5.74, 6) is -0.178. The molecule has 0 aliphatic carbocycles. The van der Waals surface area contributed by atoms with Crippen molar-refractivity contribution >= 4 is 39.1 Å². The molecule has 1 aromatic heterocycles. The molecule has 0 spiro atoms. The molecule has 0 saturated heterocycles. The summed E-state index contributed by atoms with van der Waals surface area (Å²) in [5.41, 5.74) is 0. The first-order valence-electron chi connectivity index (χ1n) is 5.85. The number of thiophene rings is 1. The van der Waals surface area contributed by atoms with Crippen molar-refractivity contribution < 1.29 is 9.59 Å². The molecule has 1 unspecified atom stereocenters. The molecule has 0 aliphatic heterocycles. The average molecular weight is 333 g/mol. The van der Waals surface area contributed by atoms with Crippen LogP contribution in [0.3, 0.4) is 0 Å². The Labute approximate surface area is 119 Å². The van der Waals surface area contributed by atoms with Gasteiger partial charge in [0, 0.05) is 23.5 Å². The molecule has 18 heavy (non-hydrogen) atoms. The molecule has 1 heterocycles. The van der Waals surface area contributed by atoms with Crippen molar-refractivity contribution in [2.45, 2.75) is 32.7 Å². The van der Waals surface area contributed by atoms with Crippen LogP contribution in [-0.2, 0) is 4.79 Å². The molecule has 100 valence electrons. The van der Waals surface area contributed by atoms with Crippen LogP contribution in [0, 0.1) is 0 Å². The predicted octanol–water partition coefficient (Wildman–Crippen LogP) is 2.55. The van der Waals surface area contributed by atoms with E-state index in [4.69, 9.17) is 0 Å². The Morgan fingerprint density at radius 3 is 2.78 bits per heavy atom. The summed E-state index contributed by atoms with van der Waals surface area (Å²) in [6.07, 6.45) is 1.21. The zero-order valence-electron chi connectivity index (χ0n) is 10.5. The molecule has 1 atom stereocenters. The topological polar surface area (TPSA) is 58.2 Å². The highest BCUT2D eigenvalue weighted by atomic mass is 79.9. The highest BCUT2D eigenvalue weighted by Crippen LogP contribution is 2.22. The first-order valence-corrected chi connectivity index (χ1v) is 7.52. The minimum Gasteiger partial charge on any atom is -0.354 e. The summed E-state index contributed by atoms with van der Waals surface area (Å²) in [4.78, 5) is 23.8. The lowest BCUT2D eigenvalue weighted by Gasteiger charge is -2.11. The minimum absolute atomic E-state index is 0.0325. The number of hydrogen-bond acceptors (Lipinski definition) is 3. The van der Waals surface area contributed by atoms with Gasteiger partial charge < -0.3 is 10.6 Å². The van der Waals surface area contributed by atoms with Gasteiger partial charge in [-0.3, -0.25) is 9.59 Å². The van der Waals surface area contributed by atoms with Crippen LogP contribution in [-0.4, -0.2) is 24.4 Å². The third-order valence-electron chi connectivity index (χ3n) is 2.48. The highest BCUT2D eigenvalue weighted by Gasteiger charge is 2.11. The van der Waals surface area contributed by atoms with Gasteiger partial charge in [0.1, 0.15) is 4.88 Å². The number of rotatable bonds is 6. The van der Waals surface area contributed by atoms with Crippen molar-refractivity contribution in [1.82, 2.24) is 10.6 Å². The van der Waals surface area contributed by atoms with Gasteiger partial charge in [-0.25, -0.2) is 0 Å². The van der Waals surface area contributed by atoms with E-state index >= 15 is 0 Å². The van der Waals surface area contributed by atoms with E-state index in [1.165, 1.54) is 11.3 Å². The number of amides is 2. The van der Waals surface area contributed by atoms with Gasteiger partial charge in [-0.15, -0.1) is 11.3 Å². The Morgan fingerprint density at radius 1 is 1.50 bits per heavy atom. The van der Waals surface area contributed by atoms with Gasteiger partial charge in [0.25, 0.3) is 5.91 Å². The van der Waals surface area contributed by atoms with Crippen molar-refractivity contribution in [1.29, 1.82) is 0 Å². The minimum atomic E-state index is -0.145. The van der Waals surface area contributed by atoms with Crippen molar-refractivity contribution in [3.63, 3.8) is 0 Å². The molecule has 2 N–H and O–H groups in total. The summed E-state index contributed by atoms with van der Waals surface area (Å²) < 4.78 is 0.786. The van der Waals surface area contributed by atoms with E-state index in [-0.39, 0.29) is 17.9 Å². The van der Waals surface area contributed by atoms with Crippen LogP contribution in [0.1, 0.15) is 36.4 Å². The van der Waals surface area contributed by atoms with Gasteiger partial charge in [0.05, 0.1) is 0 Å². The molecule has 0 bridgehead atoms. The first-order chi connectivity index (χ1) is 8.54. The number of carbonyl (C=O) groups excluding carboxylic acids is 2. The molecule has 0 saturated carbocycles. The highest BCUT2D eigenvalue weighted by molar-refractivity contribution is 9.10. The van der Waals surface area contributed by atoms with Crippen molar-refractivity contribution in [2.24, 2.45) is 0 Å². The maximum absolute atomic E-state index is 11.7. The molecule has 1 rings (SSSR count). The Bertz CT molecular complexity index is 420. The maximum Gasteiger partial charge on any atom is 0.262 e. The lowest BCUT2D eigenvalue weighted by molar-refractivity contribution is -0.121. The summed E-state index contributed by atoms with van der Waals surface area (Å²) >= 11 is 4.67. The summed E-state index contributed by atoms with van der Waals surface area (Å²) in [6.45, 7) is 4.33. The Kier molecular flexibility index (Phi) is 6.35. The van der Waals surface area contributed by atoms with Gasteiger partial charge in [-0.1, -0.05) is 6.92 Å². The van der Waals surface area contributed by atoms with E-state index in [0.717, 1.165) is 10.9 Å². The average Bonchev–Trinajstić information content (AvgIpc) is 2.75. The first kappa shape index (κ1) is 15.2. The second kappa shape index (κ2) is 7.53. The van der Waals surface area contributed by atoms with Crippen LogP contribution in [0.25, 0.3) is 0 Å². The van der Waals surface area contributed by atoms with E-state index in [1.807, 2.05) is 25.3 Å². The maximum atomic E-state index is 11.7.